The molecule has 0 spiro atoms. The number of carbonyl (C=O) groups is 1. The quantitative estimate of drug-likeness (QED) is 0.588. The van der Waals surface area contributed by atoms with Crippen LogP contribution in [0.15, 0.2) is 60.8 Å². The number of fused-ring (bicyclic) bond motifs is 1. The normalized spacial score (nSPS) is 11.9. The van der Waals surface area contributed by atoms with Gasteiger partial charge >= 0.3 is 0 Å². The van der Waals surface area contributed by atoms with Crippen molar-refractivity contribution in [2.75, 3.05) is 5.32 Å². The van der Waals surface area contributed by atoms with Crippen LogP contribution < -0.4 is 10.1 Å². The number of hydrogen-bond acceptors (Lipinski definition) is 3. The highest BCUT2D eigenvalue weighted by Gasteiger charge is 2.15. The molecule has 2 aromatic carbocycles. The zero-order valence-electron chi connectivity index (χ0n) is 15.2. The Balaban J connectivity index is 1.87. The minimum atomic E-state index is -0.0195. The van der Waals surface area contributed by atoms with E-state index >= 15 is 0 Å². The summed E-state index contributed by atoms with van der Waals surface area (Å²) in [6, 6.07) is 17.2. The number of rotatable bonds is 7. The summed E-state index contributed by atoms with van der Waals surface area (Å²) in [6.45, 7) is 4.10. The number of benzene rings is 2. The summed E-state index contributed by atoms with van der Waals surface area (Å²) in [5, 5.41) is 3.90. The number of nitrogens with one attached hydrogen (secondary N) is 1. The van der Waals surface area contributed by atoms with Crippen molar-refractivity contribution in [2.45, 2.75) is 33.1 Å². The van der Waals surface area contributed by atoms with Crippen molar-refractivity contribution in [1.82, 2.24) is 4.98 Å². The third-order valence-corrected chi connectivity index (χ3v) is 4.40. The molecule has 0 fully saturated rings. The predicted octanol–water partition coefficient (Wildman–Crippen LogP) is 5.79. The minimum absolute atomic E-state index is 0.0195. The number of pyridine rings is 1. The number of anilines is 1. The first-order valence-electron chi connectivity index (χ1n) is 9.10. The first-order valence-corrected chi connectivity index (χ1v) is 9.10. The van der Waals surface area contributed by atoms with Crippen LogP contribution >= 0.6 is 0 Å². The van der Waals surface area contributed by atoms with E-state index in [2.05, 4.69) is 17.2 Å². The molecule has 0 radical (unpaired) electrons. The van der Waals surface area contributed by atoms with Crippen LogP contribution in [0.2, 0.25) is 0 Å². The highest BCUT2D eigenvalue weighted by molar-refractivity contribution is 6.02. The highest BCUT2D eigenvalue weighted by Crippen LogP contribution is 2.33. The molecule has 1 heterocycles. The van der Waals surface area contributed by atoms with E-state index in [1.807, 2.05) is 61.5 Å². The molecule has 134 valence electrons. The lowest BCUT2D eigenvalue weighted by atomic mass is 10.0. The number of hydrogen-bond donors (Lipinski definition) is 1. The second-order valence-electron chi connectivity index (χ2n) is 6.46. The van der Waals surface area contributed by atoms with Gasteiger partial charge in [-0.15, -0.1) is 0 Å². The Morgan fingerprint density at radius 1 is 1.12 bits per heavy atom. The average molecular weight is 348 g/mol. The van der Waals surface area contributed by atoms with E-state index in [9.17, 15) is 4.79 Å². The highest BCUT2D eigenvalue weighted by atomic mass is 16.5. The molecule has 0 aliphatic carbocycles. The molecule has 1 atom stereocenters. The fraction of sp³-hybridized carbons (Fsp3) is 0.273. The molecule has 1 aromatic heterocycles. The van der Waals surface area contributed by atoms with Gasteiger partial charge in [-0.2, -0.15) is 0 Å². The van der Waals surface area contributed by atoms with Crippen LogP contribution in [0, 0.1) is 5.92 Å². The maximum atomic E-state index is 12.5. The van der Waals surface area contributed by atoms with E-state index in [4.69, 9.17) is 4.74 Å². The Morgan fingerprint density at radius 2 is 1.92 bits per heavy atom. The second kappa shape index (κ2) is 8.48. The SMILES string of the molecule is CCCCC(C)C(=O)Nc1ccc(Oc2ccccc2)c2cccnc12. The molecule has 0 saturated carbocycles. The molecule has 1 amide bonds. The number of unbranched alkanes of at least 4 members (excludes halogenated alkanes) is 1. The van der Waals surface area contributed by atoms with Crippen molar-refractivity contribution in [1.29, 1.82) is 0 Å². The van der Waals surface area contributed by atoms with E-state index in [1.54, 1.807) is 6.20 Å². The molecule has 0 saturated heterocycles. The Bertz CT molecular complexity index is 878. The summed E-state index contributed by atoms with van der Waals surface area (Å²) in [7, 11) is 0. The summed E-state index contributed by atoms with van der Waals surface area (Å²) >= 11 is 0. The number of aromatic nitrogens is 1. The van der Waals surface area contributed by atoms with Crippen molar-refractivity contribution < 1.29 is 9.53 Å². The molecule has 4 nitrogen and oxygen atoms in total. The van der Waals surface area contributed by atoms with Gasteiger partial charge in [-0.3, -0.25) is 9.78 Å². The van der Waals surface area contributed by atoms with Crippen molar-refractivity contribution in [3.63, 3.8) is 0 Å². The standard InChI is InChI=1S/C22H24N2O2/c1-3-4-9-16(2)22(25)24-19-13-14-20(18-12-8-15-23-21(18)19)26-17-10-6-5-7-11-17/h5-8,10-16H,3-4,9H2,1-2H3,(H,24,25). The Kier molecular flexibility index (Phi) is 5.84. The first kappa shape index (κ1) is 17.9. The second-order valence-corrected chi connectivity index (χ2v) is 6.46. The van der Waals surface area contributed by atoms with Gasteiger partial charge in [0, 0.05) is 17.5 Å². The number of carbonyl (C=O) groups excluding carboxylic acids is 1. The number of nitrogens with zero attached hydrogens (tertiary/aromatic N) is 1. The lowest BCUT2D eigenvalue weighted by molar-refractivity contribution is -0.119. The molecule has 4 heteroatoms. The molecule has 26 heavy (non-hydrogen) atoms. The van der Waals surface area contributed by atoms with Gasteiger partial charge in [0.15, 0.2) is 0 Å². The lowest BCUT2D eigenvalue weighted by Gasteiger charge is -2.15. The first-order chi connectivity index (χ1) is 12.7. The van der Waals surface area contributed by atoms with Gasteiger partial charge in [0.25, 0.3) is 0 Å². The largest absolute Gasteiger partial charge is 0.457 e. The molecule has 3 aromatic rings. The van der Waals surface area contributed by atoms with Crippen molar-refractivity contribution in [3.8, 4) is 11.5 Å². The van der Waals surface area contributed by atoms with E-state index in [-0.39, 0.29) is 11.8 Å². The smallest absolute Gasteiger partial charge is 0.227 e. The summed E-state index contributed by atoms with van der Waals surface area (Å²) in [5.41, 5.74) is 1.45. The van der Waals surface area contributed by atoms with Gasteiger partial charge in [0.2, 0.25) is 5.91 Å². The lowest BCUT2D eigenvalue weighted by Crippen LogP contribution is -2.20. The summed E-state index contributed by atoms with van der Waals surface area (Å²) in [4.78, 5) is 16.9. The molecular weight excluding hydrogens is 324 g/mol. The number of ether oxygens (including phenoxy) is 1. The predicted molar refractivity (Wildman–Crippen MR) is 106 cm³/mol. The minimum Gasteiger partial charge on any atom is -0.457 e. The Morgan fingerprint density at radius 3 is 2.69 bits per heavy atom. The summed E-state index contributed by atoms with van der Waals surface area (Å²) in [5.74, 6) is 1.50. The van der Waals surface area contributed by atoms with Crippen LogP contribution in [0.25, 0.3) is 10.9 Å². The fourth-order valence-electron chi connectivity index (χ4n) is 2.85. The van der Waals surface area contributed by atoms with Crippen LogP contribution in [0.5, 0.6) is 11.5 Å². The van der Waals surface area contributed by atoms with Crippen molar-refractivity contribution in [2.24, 2.45) is 5.92 Å². The van der Waals surface area contributed by atoms with Crippen molar-refractivity contribution >= 4 is 22.5 Å². The van der Waals surface area contributed by atoms with Gasteiger partial charge in [0.05, 0.1) is 11.2 Å². The maximum absolute atomic E-state index is 12.5. The molecule has 1 N–H and O–H groups in total. The van der Waals surface area contributed by atoms with Gasteiger partial charge in [-0.1, -0.05) is 44.9 Å². The van der Waals surface area contributed by atoms with Gasteiger partial charge in [0.1, 0.15) is 11.5 Å². The zero-order chi connectivity index (χ0) is 18.4. The van der Waals surface area contributed by atoms with Gasteiger partial charge in [-0.05, 0) is 42.8 Å². The van der Waals surface area contributed by atoms with Crippen LogP contribution in [-0.4, -0.2) is 10.9 Å². The number of para-hydroxylation sites is 1. The third kappa shape index (κ3) is 4.20. The molecule has 0 aliphatic heterocycles. The van der Waals surface area contributed by atoms with Crippen LogP contribution in [0.1, 0.15) is 33.1 Å². The Hall–Kier alpha value is -2.88. The fourth-order valence-corrected chi connectivity index (χ4v) is 2.85. The molecule has 0 aliphatic rings. The van der Waals surface area contributed by atoms with Crippen LogP contribution in [0.3, 0.4) is 0 Å². The average Bonchev–Trinajstić information content (AvgIpc) is 2.68. The molecular formula is C22H24N2O2. The molecule has 3 rings (SSSR count). The molecule has 0 bridgehead atoms. The number of amides is 1. The van der Waals surface area contributed by atoms with E-state index < -0.39 is 0 Å². The van der Waals surface area contributed by atoms with Crippen molar-refractivity contribution in [3.05, 3.63) is 60.8 Å². The van der Waals surface area contributed by atoms with Gasteiger partial charge < -0.3 is 10.1 Å². The third-order valence-electron chi connectivity index (χ3n) is 4.40. The molecule has 1 unspecified atom stereocenters. The maximum Gasteiger partial charge on any atom is 0.227 e. The zero-order valence-corrected chi connectivity index (χ0v) is 15.2. The summed E-state index contributed by atoms with van der Waals surface area (Å²) < 4.78 is 6.00. The van der Waals surface area contributed by atoms with E-state index in [0.717, 1.165) is 47.4 Å². The van der Waals surface area contributed by atoms with E-state index in [0.29, 0.717) is 0 Å². The Labute approximate surface area is 154 Å². The van der Waals surface area contributed by atoms with E-state index in [1.165, 1.54) is 0 Å². The monoisotopic (exact) mass is 348 g/mol. The summed E-state index contributed by atoms with van der Waals surface area (Å²) in [6.07, 6.45) is 4.76. The van der Waals surface area contributed by atoms with Gasteiger partial charge in [-0.25, -0.2) is 0 Å². The van der Waals surface area contributed by atoms with Crippen LogP contribution in [-0.2, 0) is 4.79 Å². The van der Waals surface area contributed by atoms with Crippen LogP contribution in [0.4, 0.5) is 5.69 Å². The topological polar surface area (TPSA) is 51.2 Å².